The maximum absolute atomic E-state index is 5.89. The number of hydrogen-bond acceptors (Lipinski definition) is 2. The normalized spacial score (nSPS) is 11.6. The first-order valence-corrected chi connectivity index (χ1v) is 7.09. The van der Waals surface area contributed by atoms with E-state index in [-0.39, 0.29) is 0 Å². The Balaban J connectivity index is 2.64. The van der Waals surface area contributed by atoms with E-state index in [1.54, 1.807) is 0 Å². The molecule has 0 spiro atoms. The maximum atomic E-state index is 5.89. The lowest BCUT2D eigenvalue weighted by Crippen LogP contribution is -2.35. The van der Waals surface area contributed by atoms with Crippen molar-refractivity contribution in [2.24, 2.45) is 0 Å². The van der Waals surface area contributed by atoms with Gasteiger partial charge in [-0.25, -0.2) is 0 Å². The van der Waals surface area contributed by atoms with E-state index in [0.717, 1.165) is 19.6 Å². The molecule has 0 fully saturated rings. The molecule has 3 nitrogen and oxygen atoms in total. The number of aromatic nitrogens is 2. The zero-order valence-corrected chi connectivity index (χ0v) is 12.0. The predicted octanol–water partition coefficient (Wildman–Crippen LogP) is 3.13. The van der Waals surface area contributed by atoms with Crippen molar-refractivity contribution < 1.29 is 0 Å². The maximum Gasteiger partial charge on any atom is 0.0534 e. The van der Waals surface area contributed by atoms with Crippen LogP contribution < -0.4 is 0 Å². The number of alkyl halides is 1. The standard InChI is InChI=1S/C13H24ClN3/c1-4-13(5-2)16(8-7-14)10-12-9-15-17(6-3)11-12/h9,11,13H,4-8,10H2,1-3H3. The van der Waals surface area contributed by atoms with Crippen LogP contribution in [0.2, 0.25) is 0 Å². The van der Waals surface area contributed by atoms with Gasteiger partial charge in [-0.15, -0.1) is 11.6 Å². The molecule has 0 aromatic carbocycles. The van der Waals surface area contributed by atoms with E-state index >= 15 is 0 Å². The quantitative estimate of drug-likeness (QED) is 0.667. The molecule has 1 aromatic rings. The summed E-state index contributed by atoms with van der Waals surface area (Å²) in [5.74, 6) is 0.693. The van der Waals surface area contributed by atoms with Crippen LogP contribution in [0.15, 0.2) is 12.4 Å². The van der Waals surface area contributed by atoms with Gasteiger partial charge >= 0.3 is 0 Å². The Labute approximate surface area is 110 Å². The third-order valence-corrected chi connectivity index (χ3v) is 3.40. The zero-order valence-electron chi connectivity index (χ0n) is 11.2. The molecule has 0 radical (unpaired) electrons. The fourth-order valence-electron chi connectivity index (χ4n) is 2.20. The highest BCUT2D eigenvalue weighted by Crippen LogP contribution is 2.13. The van der Waals surface area contributed by atoms with Crippen LogP contribution in [0.3, 0.4) is 0 Å². The van der Waals surface area contributed by atoms with E-state index in [0.29, 0.717) is 11.9 Å². The number of hydrogen-bond donors (Lipinski definition) is 0. The van der Waals surface area contributed by atoms with Crippen LogP contribution in [0.25, 0.3) is 0 Å². The number of aryl methyl sites for hydroxylation is 1. The number of rotatable bonds is 8. The summed E-state index contributed by atoms with van der Waals surface area (Å²) in [5, 5.41) is 4.32. The Kier molecular flexibility index (Phi) is 6.60. The Morgan fingerprint density at radius 2 is 2.06 bits per heavy atom. The third kappa shape index (κ3) is 4.32. The minimum Gasteiger partial charge on any atom is -0.295 e. The van der Waals surface area contributed by atoms with E-state index in [2.05, 4.69) is 37.0 Å². The van der Waals surface area contributed by atoms with Crippen LogP contribution in [0.5, 0.6) is 0 Å². The second-order valence-electron chi connectivity index (χ2n) is 4.33. The minimum absolute atomic E-state index is 0.624. The summed E-state index contributed by atoms with van der Waals surface area (Å²) in [6.45, 7) is 9.43. The van der Waals surface area contributed by atoms with Gasteiger partial charge in [0.2, 0.25) is 0 Å². The molecule has 1 aromatic heterocycles. The van der Waals surface area contributed by atoms with Gasteiger partial charge in [0.1, 0.15) is 0 Å². The zero-order chi connectivity index (χ0) is 12.7. The number of nitrogens with zero attached hydrogens (tertiary/aromatic N) is 3. The van der Waals surface area contributed by atoms with Crippen molar-refractivity contribution in [3.05, 3.63) is 18.0 Å². The fourth-order valence-corrected chi connectivity index (χ4v) is 2.42. The lowest BCUT2D eigenvalue weighted by atomic mass is 10.1. The first kappa shape index (κ1) is 14.5. The van der Waals surface area contributed by atoms with Crippen molar-refractivity contribution in [3.8, 4) is 0 Å². The Bertz CT molecular complexity index is 307. The molecule has 4 heteroatoms. The molecule has 0 bridgehead atoms. The largest absolute Gasteiger partial charge is 0.295 e. The van der Waals surface area contributed by atoms with E-state index in [9.17, 15) is 0 Å². The lowest BCUT2D eigenvalue weighted by Gasteiger charge is -2.29. The molecule has 0 unspecified atom stereocenters. The molecule has 0 amide bonds. The molecule has 0 N–H and O–H groups in total. The average Bonchev–Trinajstić information content (AvgIpc) is 2.78. The molecule has 1 rings (SSSR count). The molecule has 98 valence electrons. The predicted molar refractivity (Wildman–Crippen MR) is 73.4 cm³/mol. The monoisotopic (exact) mass is 257 g/mol. The molecule has 1 heterocycles. The summed E-state index contributed by atoms with van der Waals surface area (Å²) < 4.78 is 1.97. The molecular formula is C13H24ClN3. The van der Waals surface area contributed by atoms with Crippen molar-refractivity contribution in [1.29, 1.82) is 0 Å². The van der Waals surface area contributed by atoms with Gasteiger partial charge in [0.15, 0.2) is 0 Å². The fraction of sp³-hybridized carbons (Fsp3) is 0.769. The van der Waals surface area contributed by atoms with E-state index < -0.39 is 0 Å². The average molecular weight is 258 g/mol. The highest BCUT2D eigenvalue weighted by molar-refractivity contribution is 6.18. The molecule has 0 saturated carbocycles. The molecule has 0 aliphatic rings. The summed E-state index contributed by atoms with van der Waals surface area (Å²) in [6.07, 6.45) is 6.45. The van der Waals surface area contributed by atoms with E-state index in [1.807, 2.05) is 10.9 Å². The van der Waals surface area contributed by atoms with Crippen LogP contribution in [0, 0.1) is 0 Å². The minimum atomic E-state index is 0.624. The molecule has 0 saturated heterocycles. The van der Waals surface area contributed by atoms with Crippen LogP contribution in [0.1, 0.15) is 39.2 Å². The van der Waals surface area contributed by atoms with Crippen LogP contribution in [0.4, 0.5) is 0 Å². The summed E-state index contributed by atoms with van der Waals surface area (Å²) in [5.41, 5.74) is 1.28. The third-order valence-electron chi connectivity index (χ3n) is 3.23. The second kappa shape index (κ2) is 7.72. The highest BCUT2D eigenvalue weighted by Gasteiger charge is 2.15. The van der Waals surface area contributed by atoms with Crippen molar-refractivity contribution in [3.63, 3.8) is 0 Å². The van der Waals surface area contributed by atoms with Crippen LogP contribution >= 0.6 is 11.6 Å². The first-order valence-electron chi connectivity index (χ1n) is 6.56. The van der Waals surface area contributed by atoms with Crippen molar-refractivity contribution >= 4 is 11.6 Å². The van der Waals surface area contributed by atoms with Gasteiger partial charge in [-0.1, -0.05) is 13.8 Å². The highest BCUT2D eigenvalue weighted by atomic mass is 35.5. The Morgan fingerprint density at radius 1 is 1.35 bits per heavy atom. The summed E-state index contributed by atoms with van der Waals surface area (Å²) >= 11 is 5.89. The molecule has 0 aliphatic heterocycles. The van der Waals surface area contributed by atoms with Gasteiger partial charge in [0.25, 0.3) is 0 Å². The molecule has 0 atom stereocenters. The van der Waals surface area contributed by atoms with Gasteiger partial charge in [-0.3, -0.25) is 9.58 Å². The molecule has 17 heavy (non-hydrogen) atoms. The van der Waals surface area contributed by atoms with Crippen molar-refractivity contribution in [2.75, 3.05) is 12.4 Å². The Morgan fingerprint density at radius 3 is 2.53 bits per heavy atom. The smallest absolute Gasteiger partial charge is 0.0534 e. The van der Waals surface area contributed by atoms with E-state index in [4.69, 9.17) is 11.6 Å². The van der Waals surface area contributed by atoms with Crippen LogP contribution in [-0.2, 0) is 13.1 Å². The topological polar surface area (TPSA) is 21.1 Å². The first-order chi connectivity index (χ1) is 8.24. The Hall–Kier alpha value is -0.540. The second-order valence-corrected chi connectivity index (χ2v) is 4.71. The van der Waals surface area contributed by atoms with Gasteiger partial charge in [-0.2, -0.15) is 5.10 Å². The van der Waals surface area contributed by atoms with Gasteiger partial charge in [-0.05, 0) is 19.8 Å². The lowest BCUT2D eigenvalue weighted by molar-refractivity contribution is 0.188. The van der Waals surface area contributed by atoms with Gasteiger partial charge in [0, 0.05) is 43.3 Å². The molecule has 0 aliphatic carbocycles. The van der Waals surface area contributed by atoms with E-state index in [1.165, 1.54) is 18.4 Å². The SMILES string of the molecule is CCC(CC)N(CCCl)Cc1cnn(CC)c1. The van der Waals surface area contributed by atoms with Gasteiger partial charge in [0.05, 0.1) is 6.20 Å². The molecular weight excluding hydrogens is 234 g/mol. The summed E-state index contributed by atoms with van der Waals surface area (Å²) in [7, 11) is 0. The van der Waals surface area contributed by atoms with Crippen molar-refractivity contribution in [1.82, 2.24) is 14.7 Å². The van der Waals surface area contributed by atoms with Gasteiger partial charge < -0.3 is 0 Å². The van der Waals surface area contributed by atoms with Crippen LogP contribution in [-0.4, -0.2) is 33.1 Å². The number of halogens is 1. The summed E-state index contributed by atoms with van der Waals surface area (Å²) in [6, 6.07) is 0.624. The summed E-state index contributed by atoms with van der Waals surface area (Å²) in [4.78, 5) is 2.46. The van der Waals surface area contributed by atoms with Crippen molar-refractivity contribution in [2.45, 2.75) is 52.7 Å².